The van der Waals surface area contributed by atoms with E-state index in [4.69, 9.17) is 16.3 Å². The first-order chi connectivity index (χ1) is 10.2. The van der Waals surface area contributed by atoms with Crippen LogP contribution in [0.4, 0.5) is 4.79 Å². The summed E-state index contributed by atoms with van der Waals surface area (Å²) in [5.41, 5.74) is 0.0633. The van der Waals surface area contributed by atoms with Gasteiger partial charge in [-0.2, -0.15) is 0 Å². The molecule has 2 rings (SSSR count). The topological polar surface area (TPSA) is 70.0 Å². The summed E-state index contributed by atoms with van der Waals surface area (Å²) in [5.74, 6) is -0.145. The molecule has 0 unspecified atom stereocenters. The number of likely N-dealkylation sites (tertiary alicyclic amines) is 1. The molecule has 5 nitrogen and oxygen atoms in total. The fourth-order valence-electron chi connectivity index (χ4n) is 2.52. The molecule has 0 aliphatic carbocycles. The number of carbonyl (C=O) groups is 1. The number of aromatic hydroxyl groups is 1. The van der Waals surface area contributed by atoms with Crippen molar-refractivity contribution < 1.29 is 19.7 Å². The standard InChI is InChI=1S/C16H22ClNO4/c1-16(2,3)22-15(21)18-7-6-11(9-18)14(20)10-4-5-12(17)13(19)8-10/h4-5,8,11,14,19-20H,6-7,9H2,1-3H3/t11-,14+/m1/s1. The highest BCUT2D eigenvalue weighted by molar-refractivity contribution is 6.32. The van der Waals surface area contributed by atoms with E-state index in [-0.39, 0.29) is 22.8 Å². The molecule has 0 spiro atoms. The van der Waals surface area contributed by atoms with Crippen LogP contribution in [0.2, 0.25) is 5.02 Å². The lowest BCUT2D eigenvalue weighted by Crippen LogP contribution is -2.35. The van der Waals surface area contributed by atoms with Gasteiger partial charge in [0.05, 0.1) is 11.1 Å². The minimum absolute atomic E-state index is 0.0554. The van der Waals surface area contributed by atoms with Crippen molar-refractivity contribution in [3.05, 3.63) is 28.8 Å². The molecule has 1 amide bonds. The Labute approximate surface area is 135 Å². The molecule has 122 valence electrons. The summed E-state index contributed by atoms with van der Waals surface area (Å²) in [6.07, 6.45) is -0.430. The molecular formula is C16H22ClNO4. The van der Waals surface area contributed by atoms with E-state index in [0.29, 0.717) is 25.1 Å². The highest BCUT2D eigenvalue weighted by atomic mass is 35.5. The normalized spacial score (nSPS) is 20.0. The van der Waals surface area contributed by atoms with Gasteiger partial charge in [0.15, 0.2) is 0 Å². The fourth-order valence-corrected chi connectivity index (χ4v) is 2.64. The van der Waals surface area contributed by atoms with Crippen molar-refractivity contribution in [1.29, 1.82) is 0 Å². The van der Waals surface area contributed by atoms with Crippen LogP contribution in [0.3, 0.4) is 0 Å². The molecule has 2 atom stereocenters. The molecule has 1 aliphatic rings. The number of nitrogens with zero attached hydrogens (tertiary/aromatic N) is 1. The average Bonchev–Trinajstić information content (AvgIpc) is 2.89. The maximum Gasteiger partial charge on any atom is 0.410 e. The summed E-state index contributed by atoms with van der Waals surface area (Å²) in [7, 11) is 0. The molecule has 1 aliphatic heterocycles. The molecule has 0 bridgehead atoms. The first-order valence-electron chi connectivity index (χ1n) is 7.32. The van der Waals surface area contributed by atoms with E-state index in [2.05, 4.69) is 0 Å². The van der Waals surface area contributed by atoms with E-state index < -0.39 is 11.7 Å². The number of phenolic OH excluding ortho intramolecular Hbond substituents is 1. The van der Waals surface area contributed by atoms with Crippen LogP contribution in [0.1, 0.15) is 38.9 Å². The maximum absolute atomic E-state index is 12.0. The zero-order valence-electron chi connectivity index (χ0n) is 13.0. The van der Waals surface area contributed by atoms with Gasteiger partial charge in [-0.25, -0.2) is 4.79 Å². The van der Waals surface area contributed by atoms with Gasteiger partial charge in [0.25, 0.3) is 0 Å². The van der Waals surface area contributed by atoms with E-state index >= 15 is 0 Å². The third-order valence-electron chi connectivity index (χ3n) is 3.63. The summed E-state index contributed by atoms with van der Waals surface area (Å²) in [4.78, 5) is 13.6. The first kappa shape index (κ1) is 16.9. The Bertz CT molecular complexity index is 556. The second kappa shape index (κ2) is 6.34. The Balaban J connectivity index is 2.00. The average molecular weight is 328 g/mol. The van der Waals surface area contributed by atoms with Crippen LogP contribution < -0.4 is 0 Å². The number of phenols is 1. The molecule has 22 heavy (non-hydrogen) atoms. The number of amides is 1. The largest absolute Gasteiger partial charge is 0.506 e. The van der Waals surface area contributed by atoms with Crippen LogP contribution in [0.5, 0.6) is 5.75 Å². The van der Waals surface area contributed by atoms with Gasteiger partial charge in [-0.05, 0) is 44.9 Å². The van der Waals surface area contributed by atoms with E-state index in [1.807, 2.05) is 20.8 Å². The van der Waals surface area contributed by atoms with Crippen LogP contribution >= 0.6 is 11.6 Å². The number of carbonyl (C=O) groups excluding carboxylic acids is 1. The quantitative estimate of drug-likeness (QED) is 0.874. The smallest absolute Gasteiger partial charge is 0.410 e. The lowest BCUT2D eigenvalue weighted by atomic mass is 9.95. The van der Waals surface area contributed by atoms with E-state index in [0.717, 1.165) is 0 Å². The van der Waals surface area contributed by atoms with Crippen LogP contribution in [0.15, 0.2) is 18.2 Å². The lowest BCUT2D eigenvalue weighted by molar-refractivity contribution is 0.0268. The Morgan fingerprint density at radius 1 is 1.45 bits per heavy atom. The van der Waals surface area contributed by atoms with Crippen molar-refractivity contribution >= 4 is 17.7 Å². The molecule has 1 aromatic carbocycles. The maximum atomic E-state index is 12.0. The molecule has 1 heterocycles. The Morgan fingerprint density at radius 2 is 2.14 bits per heavy atom. The van der Waals surface area contributed by atoms with Crippen molar-refractivity contribution in [1.82, 2.24) is 4.90 Å². The Hall–Kier alpha value is -1.46. The summed E-state index contributed by atoms with van der Waals surface area (Å²) in [5, 5.41) is 20.3. The third-order valence-corrected chi connectivity index (χ3v) is 3.95. The number of benzene rings is 1. The van der Waals surface area contributed by atoms with Crippen molar-refractivity contribution in [3.8, 4) is 5.75 Å². The number of aliphatic hydroxyl groups excluding tert-OH is 1. The number of rotatable bonds is 2. The fraction of sp³-hybridized carbons (Fsp3) is 0.562. The van der Waals surface area contributed by atoms with Crippen molar-refractivity contribution in [2.24, 2.45) is 5.92 Å². The first-order valence-corrected chi connectivity index (χ1v) is 7.69. The second-order valence-corrected chi connectivity index (χ2v) is 7.04. The molecule has 1 aromatic rings. The highest BCUT2D eigenvalue weighted by Gasteiger charge is 2.34. The summed E-state index contributed by atoms with van der Waals surface area (Å²) >= 11 is 5.77. The number of halogens is 1. The third kappa shape index (κ3) is 4.05. The molecule has 1 saturated heterocycles. The van der Waals surface area contributed by atoms with Gasteiger partial charge in [-0.1, -0.05) is 17.7 Å². The second-order valence-electron chi connectivity index (χ2n) is 6.63. The number of ether oxygens (including phenoxy) is 1. The molecule has 2 N–H and O–H groups in total. The minimum Gasteiger partial charge on any atom is -0.506 e. The SMILES string of the molecule is CC(C)(C)OC(=O)N1CC[C@@H]([C@@H](O)c2ccc(Cl)c(O)c2)C1. The zero-order chi connectivity index (χ0) is 16.5. The zero-order valence-corrected chi connectivity index (χ0v) is 13.8. The molecule has 0 aromatic heterocycles. The molecule has 1 fully saturated rings. The van der Waals surface area contributed by atoms with Gasteiger partial charge in [0.2, 0.25) is 0 Å². The van der Waals surface area contributed by atoms with Gasteiger partial charge in [-0.15, -0.1) is 0 Å². The van der Waals surface area contributed by atoms with Crippen LogP contribution in [-0.2, 0) is 4.74 Å². The highest BCUT2D eigenvalue weighted by Crippen LogP contribution is 2.34. The summed E-state index contributed by atoms with van der Waals surface area (Å²) in [6, 6.07) is 4.70. The van der Waals surface area contributed by atoms with Crippen molar-refractivity contribution in [3.63, 3.8) is 0 Å². The number of hydrogen-bond donors (Lipinski definition) is 2. The molecule has 0 radical (unpaired) electrons. The molecule has 0 saturated carbocycles. The number of hydrogen-bond acceptors (Lipinski definition) is 4. The van der Waals surface area contributed by atoms with Crippen molar-refractivity contribution in [2.45, 2.75) is 38.9 Å². The number of aliphatic hydroxyl groups is 1. The van der Waals surface area contributed by atoms with E-state index in [1.54, 1.807) is 17.0 Å². The Morgan fingerprint density at radius 3 is 2.73 bits per heavy atom. The van der Waals surface area contributed by atoms with Gasteiger partial charge in [0.1, 0.15) is 11.4 Å². The lowest BCUT2D eigenvalue weighted by Gasteiger charge is -2.25. The molecular weight excluding hydrogens is 306 g/mol. The van der Waals surface area contributed by atoms with E-state index in [9.17, 15) is 15.0 Å². The Kier molecular flexibility index (Phi) is 4.87. The predicted octanol–water partition coefficient (Wildman–Crippen LogP) is 3.34. The minimum atomic E-state index is -0.754. The van der Waals surface area contributed by atoms with Crippen LogP contribution in [0.25, 0.3) is 0 Å². The van der Waals surface area contributed by atoms with E-state index in [1.165, 1.54) is 6.07 Å². The predicted molar refractivity (Wildman–Crippen MR) is 84.0 cm³/mol. The van der Waals surface area contributed by atoms with Gasteiger partial charge >= 0.3 is 6.09 Å². The summed E-state index contributed by atoms with van der Waals surface area (Å²) in [6.45, 7) is 6.45. The molecule has 6 heteroatoms. The summed E-state index contributed by atoms with van der Waals surface area (Å²) < 4.78 is 5.34. The monoisotopic (exact) mass is 327 g/mol. The van der Waals surface area contributed by atoms with Gasteiger partial charge < -0.3 is 19.8 Å². The van der Waals surface area contributed by atoms with Crippen molar-refractivity contribution in [2.75, 3.05) is 13.1 Å². The van der Waals surface area contributed by atoms with Gasteiger partial charge in [-0.3, -0.25) is 0 Å². The van der Waals surface area contributed by atoms with Crippen LogP contribution in [0, 0.1) is 5.92 Å². The van der Waals surface area contributed by atoms with Crippen LogP contribution in [-0.4, -0.2) is 39.9 Å². The van der Waals surface area contributed by atoms with Gasteiger partial charge in [0, 0.05) is 19.0 Å².